The standard InChI is InChI=1S/C27H32O16/c28-7-17-19(33)21(35)23(37)26(42-17)40-15-5-10(30)4-14-11(15)6-16(25(39-14)9-1-2-12(31)13(32)3-9)41-27-24(38)22(36)20(34)18(8-29)43-27/h1-6,17-38H,7-8H2/p+1/t17?,18-,19-,20-,21+,22+,23-,24-,25?,26-,27-/m1/s1. The molecule has 43 heavy (non-hydrogen) atoms. The van der Waals surface area contributed by atoms with E-state index in [0.717, 1.165) is 6.07 Å². The lowest BCUT2D eigenvalue weighted by Crippen LogP contribution is -2.60. The Morgan fingerprint density at radius 1 is 0.674 bits per heavy atom. The minimum atomic E-state index is -1.79. The van der Waals surface area contributed by atoms with E-state index in [9.17, 15) is 56.2 Å². The molecule has 3 heterocycles. The summed E-state index contributed by atoms with van der Waals surface area (Å²) < 4.78 is 27.1. The smallest absolute Gasteiger partial charge is 0.270 e. The number of hydrogen-bond donors (Lipinski definition) is 11. The zero-order chi connectivity index (χ0) is 31.2. The number of rotatable bonds is 7. The quantitative estimate of drug-likeness (QED) is 0.111. The van der Waals surface area contributed by atoms with Gasteiger partial charge in [0, 0.05) is 12.1 Å². The predicted molar refractivity (Wildman–Crippen MR) is 140 cm³/mol. The second-order valence-corrected chi connectivity index (χ2v) is 10.3. The molecule has 0 bridgehead atoms. The SMILES string of the molecule is OCC1O[C@@H](Oc2cc(O)cc3c2C=C(O[C@@H]2O[C@H](CO)[C@@H](O)[C@H](O)[C@H]2O)C(c2ccc(O)c(O)c2)[OH+]3)[C@H](O)[C@@H](O)[C@@H]1O. The Morgan fingerprint density at radius 2 is 1.26 bits per heavy atom. The lowest BCUT2D eigenvalue weighted by Gasteiger charge is -2.40. The van der Waals surface area contributed by atoms with Crippen LogP contribution in [0.4, 0.5) is 0 Å². The van der Waals surface area contributed by atoms with Crippen LogP contribution < -0.4 is 4.74 Å². The highest BCUT2D eigenvalue weighted by atomic mass is 16.7. The van der Waals surface area contributed by atoms with Gasteiger partial charge in [0.05, 0.1) is 24.8 Å². The summed E-state index contributed by atoms with van der Waals surface area (Å²) in [6, 6.07) is 6.17. The van der Waals surface area contributed by atoms with Crippen molar-refractivity contribution in [2.24, 2.45) is 0 Å². The van der Waals surface area contributed by atoms with Crippen LogP contribution in [0.15, 0.2) is 36.1 Å². The van der Waals surface area contributed by atoms with E-state index in [2.05, 4.69) is 4.74 Å². The molecule has 0 radical (unpaired) electrons. The normalized spacial score (nSPS) is 35.8. The molecule has 12 N–H and O–H groups in total. The third-order valence-corrected chi connectivity index (χ3v) is 7.44. The van der Waals surface area contributed by atoms with Crippen LogP contribution in [0.1, 0.15) is 17.2 Å². The van der Waals surface area contributed by atoms with E-state index < -0.39 is 92.2 Å². The van der Waals surface area contributed by atoms with Gasteiger partial charge in [-0.25, -0.2) is 0 Å². The summed E-state index contributed by atoms with van der Waals surface area (Å²) >= 11 is 0. The van der Waals surface area contributed by atoms with Crippen molar-refractivity contribution < 1.29 is 79.9 Å². The molecule has 0 aliphatic carbocycles. The number of ether oxygens (including phenoxy) is 5. The van der Waals surface area contributed by atoms with Gasteiger partial charge in [0.1, 0.15) is 65.9 Å². The average Bonchev–Trinajstić information content (AvgIpc) is 2.98. The third-order valence-electron chi connectivity index (χ3n) is 7.44. The van der Waals surface area contributed by atoms with Gasteiger partial charge in [-0.2, -0.15) is 0 Å². The summed E-state index contributed by atoms with van der Waals surface area (Å²) in [5.41, 5.74) is 0.380. The van der Waals surface area contributed by atoms with Crippen molar-refractivity contribution in [3.8, 4) is 28.7 Å². The first-order chi connectivity index (χ1) is 20.4. The molecule has 16 heteroatoms. The minimum Gasteiger partial charge on any atom is -0.571 e. The Morgan fingerprint density at radius 3 is 1.81 bits per heavy atom. The van der Waals surface area contributed by atoms with Gasteiger partial charge in [0.15, 0.2) is 17.3 Å². The van der Waals surface area contributed by atoms with Crippen molar-refractivity contribution >= 4 is 6.08 Å². The summed E-state index contributed by atoms with van der Waals surface area (Å²) in [6.07, 6.45) is -16.0. The molecule has 16 nitrogen and oxygen atoms in total. The van der Waals surface area contributed by atoms with Crippen LogP contribution >= 0.6 is 0 Å². The molecule has 0 aromatic heterocycles. The number of aromatic hydroxyl groups is 4. The Balaban J connectivity index is 1.54. The third kappa shape index (κ3) is 5.89. The van der Waals surface area contributed by atoms with Crippen LogP contribution in [0.3, 0.4) is 0 Å². The van der Waals surface area contributed by atoms with Crippen LogP contribution in [0.2, 0.25) is 0 Å². The molecule has 0 spiro atoms. The lowest BCUT2D eigenvalue weighted by atomic mass is 9.98. The molecule has 0 saturated carbocycles. The number of phenols is 3. The van der Waals surface area contributed by atoms with Crippen molar-refractivity contribution in [3.63, 3.8) is 0 Å². The van der Waals surface area contributed by atoms with E-state index in [-0.39, 0.29) is 34.1 Å². The van der Waals surface area contributed by atoms with Gasteiger partial charge in [-0.3, -0.25) is 0 Å². The van der Waals surface area contributed by atoms with Gasteiger partial charge in [-0.1, -0.05) is 0 Å². The van der Waals surface area contributed by atoms with E-state index in [0.29, 0.717) is 0 Å². The molecule has 236 valence electrons. The fourth-order valence-electron chi connectivity index (χ4n) is 5.01. The van der Waals surface area contributed by atoms with Crippen molar-refractivity contribution in [3.05, 3.63) is 47.2 Å². The van der Waals surface area contributed by atoms with Crippen molar-refractivity contribution in [1.82, 2.24) is 0 Å². The van der Waals surface area contributed by atoms with Crippen LogP contribution in [-0.2, 0) is 14.2 Å². The van der Waals surface area contributed by atoms with Gasteiger partial charge in [-0.15, -0.1) is 0 Å². The molecule has 2 unspecified atom stereocenters. The summed E-state index contributed by atoms with van der Waals surface area (Å²) in [5.74, 6) is -1.42. The Kier molecular flexibility index (Phi) is 8.87. The molecular weight excluding hydrogens is 580 g/mol. The van der Waals surface area contributed by atoms with Gasteiger partial charge in [0.25, 0.3) is 11.9 Å². The highest BCUT2D eigenvalue weighted by Crippen LogP contribution is 2.47. The van der Waals surface area contributed by atoms with Crippen molar-refractivity contribution in [1.29, 1.82) is 0 Å². The number of benzene rings is 2. The van der Waals surface area contributed by atoms with Crippen LogP contribution in [0.5, 0.6) is 28.7 Å². The maximum Gasteiger partial charge on any atom is 0.270 e. The lowest BCUT2D eigenvalue weighted by molar-refractivity contribution is -0.295. The predicted octanol–water partition coefficient (Wildman–Crippen LogP) is -2.86. The second-order valence-electron chi connectivity index (χ2n) is 10.3. The summed E-state index contributed by atoms with van der Waals surface area (Å²) in [4.78, 5) is 0. The number of fused-ring (bicyclic) bond motifs is 1. The van der Waals surface area contributed by atoms with Gasteiger partial charge in [0.2, 0.25) is 12.6 Å². The van der Waals surface area contributed by atoms with E-state index in [4.69, 9.17) is 18.9 Å². The zero-order valence-corrected chi connectivity index (χ0v) is 22.2. The topological polar surface area (TPSA) is 272 Å². The molecule has 2 fully saturated rings. The van der Waals surface area contributed by atoms with Crippen molar-refractivity contribution in [2.75, 3.05) is 13.2 Å². The minimum absolute atomic E-state index is 0.0914. The first kappa shape index (κ1) is 31.0. The first-order valence-electron chi connectivity index (χ1n) is 13.2. The molecule has 2 saturated heterocycles. The van der Waals surface area contributed by atoms with Gasteiger partial charge in [-0.05, 0) is 18.2 Å². The Hall–Kier alpha value is -3.42. The molecule has 0 amide bonds. The molecule has 11 atom stereocenters. The van der Waals surface area contributed by atoms with Gasteiger partial charge < -0.3 is 79.9 Å². The molecule has 3 aliphatic rings. The van der Waals surface area contributed by atoms with Crippen LogP contribution in [0, 0.1) is 0 Å². The Labute approximate surface area is 243 Å². The maximum atomic E-state index is 10.6. The highest BCUT2D eigenvalue weighted by molar-refractivity contribution is 5.70. The van der Waals surface area contributed by atoms with Crippen LogP contribution in [0.25, 0.3) is 6.08 Å². The fourth-order valence-corrected chi connectivity index (χ4v) is 5.01. The van der Waals surface area contributed by atoms with Crippen LogP contribution in [-0.4, -0.2) is 136 Å². The molecule has 2 aromatic rings. The Bertz CT molecular complexity index is 1330. The number of aliphatic hydroxyl groups excluding tert-OH is 8. The van der Waals surface area contributed by atoms with E-state index in [1.807, 2.05) is 0 Å². The van der Waals surface area contributed by atoms with Gasteiger partial charge >= 0.3 is 0 Å². The number of phenolic OH excluding ortho intramolecular Hbond substituents is 3. The fraction of sp³-hybridized carbons (Fsp3) is 0.481. The van der Waals surface area contributed by atoms with E-state index in [1.165, 1.54) is 30.3 Å². The second kappa shape index (κ2) is 12.3. The number of aliphatic hydroxyl groups is 9. The monoisotopic (exact) mass is 613 g/mol. The summed E-state index contributed by atoms with van der Waals surface area (Å²) in [7, 11) is 0. The largest absolute Gasteiger partial charge is 0.571 e. The van der Waals surface area contributed by atoms with E-state index >= 15 is 0 Å². The first-order valence-corrected chi connectivity index (χ1v) is 13.2. The summed E-state index contributed by atoms with van der Waals surface area (Å²) in [6.45, 7) is -1.43. The molecule has 2 aromatic carbocycles. The summed E-state index contributed by atoms with van der Waals surface area (Å²) in [5, 5.41) is 111. The maximum absolute atomic E-state index is 10.6. The average molecular weight is 614 g/mol. The van der Waals surface area contributed by atoms with E-state index in [1.54, 1.807) is 0 Å². The molecule has 3 aliphatic heterocycles. The molecule has 5 rings (SSSR count). The number of hydrogen-bond acceptors (Lipinski definition) is 15. The zero-order valence-electron chi connectivity index (χ0n) is 22.2. The highest BCUT2D eigenvalue weighted by Gasteiger charge is 2.48. The van der Waals surface area contributed by atoms with Crippen molar-refractivity contribution in [2.45, 2.75) is 67.5 Å². The molecular formula is C27H33O16+.